The van der Waals surface area contributed by atoms with Crippen molar-refractivity contribution in [2.24, 2.45) is 0 Å². The Kier molecular flexibility index (Phi) is 5.03. The first kappa shape index (κ1) is 17.9. The van der Waals surface area contributed by atoms with Crippen LogP contribution in [0.1, 0.15) is 10.4 Å². The summed E-state index contributed by atoms with van der Waals surface area (Å²) in [5, 5.41) is 23.0. The molecule has 7 nitrogen and oxygen atoms in total. The molecule has 0 bridgehead atoms. The fourth-order valence-electron chi connectivity index (χ4n) is 2.62. The topological polar surface area (TPSA) is 102 Å². The van der Waals surface area contributed by atoms with Crippen LogP contribution in [0, 0.1) is 10.1 Å². The lowest BCUT2D eigenvalue weighted by molar-refractivity contribution is -0.384. The lowest BCUT2D eigenvalue weighted by atomic mass is 10.0. The van der Waals surface area contributed by atoms with Crippen LogP contribution in [-0.2, 0) is 0 Å². The number of benzene rings is 3. The third kappa shape index (κ3) is 4.04. The molecule has 0 atom stereocenters. The zero-order valence-corrected chi connectivity index (χ0v) is 14.4. The molecule has 0 aliphatic carbocycles. The SMILES string of the molecule is COc1cc(-c2ccc([N+](=O)[O-])cc2)ccc1C(=O)Nc1cccc(O)c1. The van der Waals surface area contributed by atoms with E-state index in [-0.39, 0.29) is 17.3 Å². The molecule has 0 fully saturated rings. The molecule has 0 aliphatic heterocycles. The highest BCUT2D eigenvalue weighted by atomic mass is 16.6. The van der Waals surface area contributed by atoms with Gasteiger partial charge in [0.2, 0.25) is 0 Å². The van der Waals surface area contributed by atoms with Crippen molar-refractivity contribution in [2.45, 2.75) is 0 Å². The van der Waals surface area contributed by atoms with Crippen LogP contribution < -0.4 is 10.1 Å². The van der Waals surface area contributed by atoms with E-state index in [0.29, 0.717) is 17.0 Å². The van der Waals surface area contributed by atoms with E-state index in [9.17, 15) is 20.0 Å². The second kappa shape index (κ2) is 7.57. The van der Waals surface area contributed by atoms with Gasteiger partial charge in [-0.05, 0) is 47.5 Å². The Hall–Kier alpha value is -3.87. The van der Waals surface area contributed by atoms with E-state index in [1.54, 1.807) is 42.5 Å². The Bertz CT molecular complexity index is 1000. The number of nitro benzene ring substituents is 1. The molecule has 1 amide bonds. The number of carbonyl (C=O) groups excluding carboxylic acids is 1. The van der Waals surface area contributed by atoms with Crippen LogP contribution in [0.15, 0.2) is 66.7 Å². The van der Waals surface area contributed by atoms with Gasteiger partial charge in [-0.2, -0.15) is 0 Å². The molecule has 7 heteroatoms. The maximum absolute atomic E-state index is 12.5. The predicted molar refractivity (Wildman–Crippen MR) is 101 cm³/mol. The van der Waals surface area contributed by atoms with Crippen molar-refractivity contribution >= 4 is 17.3 Å². The number of nitrogens with zero attached hydrogens (tertiary/aromatic N) is 1. The fourth-order valence-corrected chi connectivity index (χ4v) is 2.62. The number of ether oxygens (including phenoxy) is 1. The molecular formula is C20H16N2O5. The van der Waals surface area contributed by atoms with E-state index in [1.807, 2.05) is 0 Å². The van der Waals surface area contributed by atoms with Crippen LogP contribution >= 0.6 is 0 Å². The van der Waals surface area contributed by atoms with Gasteiger partial charge >= 0.3 is 0 Å². The minimum Gasteiger partial charge on any atom is -0.508 e. The van der Waals surface area contributed by atoms with Crippen LogP contribution in [0.25, 0.3) is 11.1 Å². The smallest absolute Gasteiger partial charge is 0.269 e. The second-order valence-corrected chi connectivity index (χ2v) is 5.72. The molecule has 3 aromatic rings. The Morgan fingerprint density at radius 1 is 1.04 bits per heavy atom. The Morgan fingerprint density at radius 3 is 2.37 bits per heavy atom. The van der Waals surface area contributed by atoms with Crippen LogP contribution in [0.5, 0.6) is 11.5 Å². The number of carbonyl (C=O) groups is 1. The normalized spacial score (nSPS) is 10.3. The molecule has 0 saturated heterocycles. The molecule has 3 rings (SSSR count). The molecule has 0 saturated carbocycles. The van der Waals surface area contributed by atoms with Crippen molar-refractivity contribution in [1.29, 1.82) is 0 Å². The molecule has 2 N–H and O–H groups in total. The van der Waals surface area contributed by atoms with Crippen molar-refractivity contribution in [3.05, 3.63) is 82.4 Å². The number of phenols is 1. The lowest BCUT2D eigenvalue weighted by Gasteiger charge is -2.11. The first-order valence-corrected chi connectivity index (χ1v) is 8.01. The molecule has 27 heavy (non-hydrogen) atoms. The van der Waals surface area contributed by atoms with Crippen LogP contribution in [-0.4, -0.2) is 23.0 Å². The molecule has 0 unspecified atom stereocenters. The summed E-state index contributed by atoms with van der Waals surface area (Å²) >= 11 is 0. The molecule has 0 aliphatic rings. The number of anilines is 1. The molecule has 0 heterocycles. The highest BCUT2D eigenvalue weighted by Crippen LogP contribution is 2.29. The minimum absolute atomic E-state index is 0.00725. The summed E-state index contributed by atoms with van der Waals surface area (Å²) in [6.07, 6.45) is 0. The summed E-state index contributed by atoms with van der Waals surface area (Å²) in [6.45, 7) is 0. The number of non-ortho nitro benzene ring substituents is 1. The van der Waals surface area contributed by atoms with Gasteiger partial charge in [-0.25, -0.2) is 0 Å². The molecule has 0 aromatic heterocycles. The molecule has 0 spiro atoms. The van der Waals surface area contributed by atoms with Crippen LogP contribution in [0.3, 0.4) is 0 Å². The third-order valence-corrected chi connectivity index (χ3v) is 3.96. The maximum Gasteiger partial charge on any atom is 0.269 e. The average Bonchev–Trinajstić information content (AvgIpc) is 2.67. The van der Waals surface area contributed by atoms with E-state index >= 15 is 0 Å². The number of hydrogen-bond acceptors (Lipinski definition) is 5. The van der Waals surface area contributed by atoms with Crippen molar-refractivity contribution in [3.63, 3.8) is 0 Å². The first-order valence-electron chi connectivity index (χ1n) is 8.01. The second-order valence-electron chi connectivity index (χ2n) is 5.72. The quantitative estimate of drug-likeness (QED) is 0.521. The zero-order chi connectivity index (χ0) is 19.4. The minimum atomic E-state index is -0.459. The van der Waals surface area contributed by atoms with Crippen molar-refractivity contribution in [2.75, 3.05) is 12.4 Å². The number of nitrogens with one attached hydrogen (secondary N) is 1. The summed E-state index contributed by atoms with van der Waals surface area (Å²) in [4.78, 5) is 22.8. The van der Waals surface area contributed by atoms with Gasteiger partial charge in [-0.3, -0.25) is 14.9 Å². The fraction of sp³-hybridized carbons (Fsp3) is 0.0500. The molecular weight excluding hydrogens is 348 g/mol. The summed E-state index contributed by atoms with van der Waals surface area (Å²) in [5.41, 5.74) is 2.32. The van der Waals surface area contributed by atoms with E-state index in [2.05, 4.69) is 5.32 Å². The van der Waals surface area contributed by atoms with Gasteiger partial charge in [0.25, 0.3) is 11.6 Å². The Morgan fingerprint density at radius 2 is 1.74 bits per heavy atom. The molecule has 0 radical (unpaired) electrons. The van der Waals surface area contributed by atoms with Crippen molar-refractivity contribution in [3.8, 4) is 22.6 Å². The van der Waals surface area contributed by atoms with E-state index in [1.165, 1.54) is 31.4 Å². The summed E-state index contributed by atoms with van der Waals surface area (Å²) < 4.78 is 5.33. The summed E-state index contributed by atoms with van der Waals surface area (Å²) in [5.74, 6) is 0.0319. The Balaban J connectivity index is 1.87. The van der Waals surface area contributed by atoms with Gasteiger partial charge in [0.05, 0.1) is 17.6 Å². The molecule has 3 aromatic carbocycles. The van der Waals surface area contributed by atoms with E-state index in [4.69, 9.17) is 4.74 Å². The van der Waals surface area contributed by atoms with Gasteiger partial charge in [-0.1, -0.05) is 12.1 Å². The monoisotopic (exact) mass is 364 g/mol. The van der Waals surface area contributed by atoms with Crippen molar-refractivity contribution in [1.82, 2.24) is 0 Å². The van der Waals surface area contributed by atoms with Gasteiger partial charge in [-0.15, -0.1) is 0 Å². The highest BCUT2D eigenvalue weighted by Gasteiger charge is 2.14. The number of hydrogen-bond donors (Lipinski definition) is 2. The zero-order valence-electron chi connectivity index (χ0n) is 14.4. The van der Waals surface area contributed by atoms with Crippen LogP contribution in [0.4, 0.5) is 11.4 Å². The number of nitro groups is 1. The number of aromatic hydroxyl groups is 1. The lowest BCUT2D eigenvalue weighted by Crippen LogP contribution is -2.13. The average molecular weight is 364 g/mol. The van der Waals surface area contributed by atoms with E-state index in [0.717, 1.165) is 11.1 Å². The van der Waals surface area contributed by atoms with Gasteiger partial charge < -0.3 is 15.2 Å². The standard InChI is InChI=1S/C20H16N2O5/c1-27-19-11-14(13-5-8-16(9-6-13)22(25)26)7-10-18(19)20(24)21-15-3-2-4-17(23)12-15/h2-12,23H,1H3,(H,21,24). The van der Waals surface area contributed by atoms with Gasteiger partial charge in [0.15, 0.2) is 0 Å². The molecule has 136 valence electrons. The van der Waals surface area contributed by atoms with E-state index < -0.39 is 4.92 Å². The highest BCUT2D eigenvalue weighted by molar-refractivity contribution is 6.06. The first-order chi connectivity index (χ1) is 13.0. The van der Waals surface area contributed by atoms with Crippen LogP contribution in [0.2, 0.25) is 0 Å². The van der Waals surface area contributed by atoms with Gasteiger partial charge in [0.1, 0.15) is 11.5 Å². The number of methoxy groups -OCH3 is 1. The van der Waals surface area contributed by atoms with Gasteiger partial charge in [0, 0.05) is 23.9 Å². The maximum atomic E-state index is 12.5. The summed E-state index contributed by atoms with van der Waals surface area (Å²) in [6, 6.07) is 17.4. The largest absolute Gasteiger partial charge is 0.508 e. The summed E-state index contributed by atoms with van der Waals surface area (Å²) in [7, 11) is 1.46. The van der Waals surface area contributed by atoms with Crippen molar-refractivity contribution < 1.29 is 19.6 Å². The number of amides is 1. The predicted octanol–water partition coefficient (Wildman–Crippen LogP) is 4.23. The number of rotatable bonds is 5. The third-order valence-electron chi connectivity index (χ3n) is 3.96. The Labute approximate surface area is 155 Å². The number of phenolic OH excluding ortho intramolecular Hbond substituents is 1.